The van der Waals surface area contributed by atoms with Gasteiger partial charge in [-0.05, 0) is 24.6 Å². The number of aryl methyl sites for hydroxylation is 1. The molecule has 1 aromatic heterocycles. The lowest BCUT2D eigenvalue weighted by atomic mass is 10.1. The van der Waals surface area contributed by atoms with Crippen molar-refractivity contribution >= 4 is 28.3 Å². The Morgan fingerprint density at radius 3 is 2.72 bits per heavy atom. The lowest BCUT2D eigenvalue weighted by molar-refractivity contribution is -0.116. The van der Waals surface area contributed by atoms with Crippen molar-refractivity contribution in [3.8, 4) is 0 Å². The van der Waals surface area contributed by atoms with E-state index in [1.165, 1.54) is 22.5 Å². The van der Waals surface area contributed by atoms with Crippen LogP contribution in [0.15, 0.2) is 48.7 Å². The third-order valence-corrected chi connectivity index (χ3v) is 4.99. The lowest BCUT2D eigenvalue weighted by Gasteiger charge is -2.06. The predicted octanol–water partition coefficient (Wildman–Crippen LogP) is 4.08. The van der Waals surface area contributed by atoms with Gasteiger partial charge in [-0.3, -0.25) is 9.59 Å². The molecule has 0 spiro atoms. The Hall–Kier alpha value is -3.13. The van der Waals surface area contributed by atoms with Crippen LogP contribution in [0.25, 0.3) is 0 Å². The molecular weight excluding hydrogens is 396 g/mol. The molecule has 2 aromatic carbocycles. The lowest BCUT2D eigenvalue weighted by Crippen LogP contribution is -2.28. The number of hydrogen-bond acceptors (Lipinski definition) is 4. The average molecular weight is 415 g/mol. The van der Waals surface area contributed by atoms with E-state index in [1.807, 2.05) is 25.1 Å². The van der Waals surface area contributed by atoms with E-state index in [0.717, 1.165) is 23.4 Å². The third-order valence-electron chi connectivity index (χ3n) is 4.07. The highest BCUT2D eigenvalue weighted by Gasteiger charge is 2.13. The number of aromatic nitrogens is 1. The molecular formula is C21H19F2N3O2S. The summed E-state index contributed by atoms with van der Waals surface area (Å²) in [6.45, 7) is 2.05. The Bertz CT molecular complexity index is 1040. The van der Waals surface area contributed by atoms with E-state index >= 15 is 0 Å². The van der Waals surface area contributed by atoms with E-state index in [-0.39, 0.29) is 24.4 Å². The number of rotatable bonds is 7. The van der Waals surface area contributed by atoms with Gasteiger partial charge in [-0.25, -0.2) is 13.8 Å². The summed E-state index contributed by atoms with van der Waals surface area (Å²) < 4.78 is 26.5. The average Bonchev–Trinajstić information content (AvgIpc) is 3.08. The molecule has 0 fully saturated rings. The van der Waals surface area contributed by atoms with Gasteiger partial charge in [-0.1, -0.05) is 29.8 Å². The topological polar surface area (TPSA) is 71.1 Å². The number of nitrogens with zero attached hydrogens (tertiary/aromatic N) is 1. The minimum Gasteiger partial charge on any atom is -0.351 e. The highest BCUT2D eigenvalue weighted by Crippen LogP contribution is 2.21. The van der Waals surface area contributed by atoms with Crippen molar-refractivity contribution in [1.29, 1.82) is 0 Å². The van der Waals surface area contributed by atoms with E-state index in [9.17, 15) is 18.4 Å². The van der Waals surface area contributed by atoms with E-state index in [2.05, 4.69) is 21.7 Å². The zero-order valence-corrected chi connectivity index (χ0v) is 16.5. The number of nitrogens with one attached hydrogen (secondary N) is 2. The summed E-state index contributed by atoms with van der Waals surface area (Å²) in [6.07, 6.45) is 2.46. The molecule has 0 bridgehead atoms. The van der Waals surface area contributed by atoms with Crippen LogP contribution in [0.5, 0.6) is 0 Å². The van der Waals surface area contributed by atoms with Gasteiger partial charge >= 0.3 is 0 Å². The minimum absolute atomic E-state index is 0.00134. The summed E-state index contributed by atoms with van der Waals surface area (Å²) in [5.74, 6) is -2.73. The molecule has 0 radical (unpaired) electrons. The summed E-state index contributed by atoms with van der Waals surface area (Å²) in [7, 11) is 0. The summed E-state index contributed by atoms with van der Waals surface area (Å²) in [6, 6.07) is 10.9. The van der Waals surface area contributed by atoms with Crippen LogP contribution in [0.3, 0.4) is 0 Å². The van der Waals surface area contributed by atoms with Crippen molar-refractivity contribution in [2.75, 3.05) is 11.9 Å². The van der Waals surface area contributed by atoms with Crippen LogP contribution in [0.1, 0.15) is 32.8 Å². The maximum Gasteiger partial charge on any atom is 0.254 e. The fourth-order valence-electron chi connectivity index (χ4n) is 2.71. The van der Waals surface area contributed by atoms with Crippen molar-refractivity contribution < 1.29 is 18.4 Å². The zero-order chi connectivity index (χ0) is 20.8. The highest BCUT2D eigenvalue weighted by atomic mass is 32.1. The third kappa shape index (κ3) is 5.92. The molecule has 8 heteroatoms. The molecule has 0 aliphatic rings. The largest absolute Gasteiger partial charge is 0.351 e. The molecule has 0 saturated carbocycles. The molecule has 29 heavy (non-hydrogen) atoms. The molecule has 3 rings (SSSR count). The van der Waals surface area contributed by atoms with Crippen LogP contribution in [0, 0.1) is 18.6 Å². The van der Waals surface area contributed by atoms with Crippen molar-refractivity contribution in [2.24, 2.45) is 0 Å². The smallest absolute Gasteiger partial charge is 0.254 e. The Morgan fingerprint density at radius 1 is 1.14 bits per heavy atom. The maximum absolute atomic E-state index is 13.6. The second kappa shape index (κ2) is 9.38. The van der Waals surface area contributed by atoms with Crippen molar-refractivity contribution in [3.05, 3.63) is 81.9 Å². The number of thiazole rings is 1. The number of halogens is 2. The van der Waals surface area contributed by atoms with Crippen LogP contribution in [0.4, 0.5) is 13.9 Å². The number of benzene rings is 2. The van der Waals surface area contributed by atoms with Crippen molar-refractivity contribution in [1.82, 2.24) is 10.3 Å². The Labute approximate surface area is 170 Å². The summed E-state index contributed by atoms with van der Waals surface area (Å²) in [5.41, 5.74) is 2.08. The number of anilines is 1. The van der Waals surface area contributed by atoms with Gasteiger partial charge in [0.2, 0.25) is 5.91 Å². The number of carbonyl (C=O) groups is 2. The van der Waals surface area contributed by atoms with Crippen LogP contribution >= 0.6 is 11.3 Å². The van der Waals surface area contributed by atoms with Gasteiger partial charge in [0.15, 0.2) is 5.13 Å². The fourth-order valence-corrected chi connectivity index (χ4v) is 3.57. The SMILES string of the molecule is Cc1cccc(Cc2cnc(NC(=O)CCNC(=O)c3ccc(F)cc3F)s2)c1. The zero-order valence-electron chi connectivity index (χ0n) is 15.7. The van der Waals surface area contributed by atoms with E-state index in [1.54, 1.807) is 6.20 Å². The molecule has 0 aliphatic heterocycles. The van der Waals surface area contributed by atoms with Crippen LogP contribution in [-0.4, -0.2) is 23.3 Å². The number of amides is 2. The molecule has 0 saturated heterocycles. The van der Waals surface area contributed by atoms with Gasteiger partial charge in [0.25, 0.3) is 5.91 Å². The van der Waals surface area contributed by atoms with Gasteiger partial charge in [0.1, 0.15) is 11.6 Å². The number of hydrogen-bond donors (Lipinski definition) is 2. The van der Waals surface area contributed by atoms with E-state index in [0.29, 0.717) is 11.2 Å². The second-order valence-electron chi connectivity index (χ2n) is 6.48. The van der Waals surface area contributed by atoms with Gasteiger partial charge in [0, 0.05) is 36.5 Å². The molecule has 2 amide bonds. The van der Waals surface area contributed by atoms with Crippen LogP contribution < -0.4 is 10.6 Å². The molecule has 0 unspecified atom stereocenters. The molecule has 0 atom stereocenters. The molecule has 5 nitrogen and oxygen atoms in total. The standard InChI is InChI=1S/C21H19F2N3O2S/c1-13-3-2-4-14(9-13)10-16-12-25-21(29-16)26-19(27)7-8-24-20(28)17-6-5-15(22)11-18(17)23/h2-6,9,11-12H,7-8,10H2,1H3,(H,24,28)(H,25,26,27). The summed E-state index contributed by atoms with van der Waals surface area (Å²) in [5, 5.41) is 5.61. The summed E-state index contributed by atoms with van der Waals surface area (Å²) in [4.78, 5) is 29.2. The first-order valence-corrected chi connectivity index (χ1v) is 9.76. The predicted molar refractivity (Wildman–Crippen MR) is 108 cm³/mol. The quantitative estimate of drug-likeness (QED) is 0.611. The minimum atomic E-state index is -0.948. The molecule has 150 valence electrons. The van der Waals surface area contributed by atoms with E-state index in [4.69, 9.17) is 0 Å². The van der Waals surface area contributed by atoms with Crippen LogP contribution in [0.2, 0.25) is 0 Å². The molecule has 2 N–H and O–H groups in total. The molecule has 3 aromatic rings. The molecule has 1 heterocycles. The highest BCUT2D eigenvalue weighted by molar-refractivity contribution is 7.15. The Morgan fingerprint density at radius 2 is 1.97 bits per heavy atom. The molecule has 0 aliphatic carbocycles. The second-order valence-corrected chi connectivity index (χ2v) is 7.59. The fraction of sp³-hybridized carbons (Fsp3) is 0.190. The van der Waals surface area contributed by atoms with Crippen molar-refractivity contribution in [3.63, 3.8) is 0 Å². The number of carbonyl (C=O) groups excluding carboxylic acids is 2. The van der Waals surface area contributed by atoms with Gasteiger partial charge in [0.05, 0.1) is 5.56 Å². The monoisotopic (exact) mass is 415 g/mol. The van der Waals surface area contributed by atoms with Gasteiger partial charge in [-0.15, -0.1) is 11.3 Å². The van der Waals surface area contributed by atoms with Crippen LogP contribution in [-0.2, 0) is 11.2 Å². The Kier molecular flexibility index (Phi) is 6.66. The first-order chi connectivity index (χ1) is 13.9. The maximum atomic E-state index is 13.6. The van der Waals surface area contributed by atoms with Crippen molar-refractivity contribution in [2.45, 2.75) is 19.8 Å². The normalized spacial score (nSPS) is 10.6. The van der Waals surface area contributed by atoms with Gasteiger partial charge < -0.3 is 10.6 Å². The Balaban J connectivity index is 1.46. The van der Waals surface area contributed by atoms with Gasteiger partial charge in [-0.2, -0.15) is 0 Å². The summed E-state index contributed by atoms with van der Waals surface area (Å²) >= 11 is 1.39. The first kappa shape index (κ1) is 20.6. The van der Waals surface area contributed by atoms with E-state index < -0.39 is 17.5 Å². The first-order valence-electron chi connectivity index (χ1n) is 8.94.